The van der Waals surface area contributed by atoms with Gasteiger partial charge in [0.1, 0.15) is 11.4 Å². The Hall–Kier alpha value is -3.24. The lowest BCUT2D eigenvalue weighted by Crippen LogP contribution is -2.62. The number of hydrogen-bond donors (Lipinski definition) is 1. The molecule has 2 amide bonds. The van der Waals surface area contributed by atoms with E-state index in [0.29, 0.717) is 30.8 Å². The SMILES string of the molecule is CC1CN(CC(=O)N2CC(C)(C)c3c2cc(Cc2ccc(F)cc2)c(=O)n3C)C(CO)CN1C(=O)OC(C)(C)C. The molecule has 1 aromatic carbocycles. The maximum atomic E-state index is 13.8. The van der Waals surface area contributed by atoms with Gasteiger partial charge in [-0.15, -0.1) is 0 Å². The van der Waals surface area contributed by atoms with E-state index >= 15 is 0 Å². The molecular weight excluding hydrogens is 515 g/mol. The van der Waals surface area contributed by atoms with Crippen molar-refractivity contribution in [3.8, 4) is 0 Å². The summed E-state index contributed by atoms with van der Waals surface area (Å²) in [5.74, 6) is -0.485. The summed E-state index contributed by atoms with van der Waals surface area (Å²) < 4.78 is 20.6. The number of ether oxygens (including phenoxy) is 1. The molecule has 0 saturated carbocycles. The third kappa shape index (κ3) is 6.07. The molecule has 1 saturated heterocycles. The summed E-state index contributed by atoms with van der Waals surface area (Å²) in [6.45, 7) is 12.3. The van der Waals surface area contributed by atoms with Crippen molar-refractivity contribution < 1.29 is 23.8 Å². The van der Waals surface area contributed by atoms with Crippen molar-refractivity contribution in [2.45, 2.75) is 71.1 Å². The zero-order valence-corrected chi connectivity index (χ0v) is 24.5. The summed E-state index contributed by atoms with van der Waals surface area (Å²) in [5, 5.41) is 10.2. The van der Waals surface area contributed by atoms with E-state index in [9.17, 15) is 23.9 Å². The molecular formula is C30H41FN4O5. The summed E-state index contributed by atoms with van der Waals surface area (Å²) in [5.41, 5.74) is 1.58. The minimum Gasteiger partial charge on any atom is -0.444 e. The Labute approximate surface area is 235 Å². The van der Waals surface area contributed by atoms with Crippen LogP contribution in [0.25, 0.3) is 0 Å². The molecule has 0 radical (unpaired) electrons. The minimum absolute atomic E-state index is 0.0589. The third-order valence-corrected chi connectivity index (χ3v) is 7.69. The van der Waals surface area contributed by atoms with Gasteiger partial charge in [-0.05, 0) is 51.5 Å². The van der Waals surface area contributed by atoms with Crippen molar-refractivity contribution >= 4 is 17.7 Å². The fourth-order valence-electron chi connectivity index (χ4n) is 5.83. The summed E-state index contributed by atoms with van der Waals surface area (Å²) in [4.78, 5) is 45.1. The van der Waals surface area contributed by atoms with Gasteiger partial charge in [0.25, 0.3) is 5.56 Å². The molecule has 2 atom stereocenters. The summed E-state index contributed by atoms with van der Waals surface area (Å²) >= 11 is 0. The first-order valence-corrected chi connectivity index (χ1v) is 13.7. The molecule has 0 aliphatic carbocycles. The number of anilines is 1. The number of nitrogens with zero attached hydrogens (tertiary/aromatic N) is 4. The molecule has 3 heterocycles. The number of halogens is 1. The van der Waals surface area contributed by atoms with E-state index in [1.165, 1.54) is 12.1 Å². The molecule has 10 heteroatoms. The van der Waals surface area contributed by atoms with Crippen molar-refractivity contribution in [3.63, 3.8) is 0 Å². The second kappa shape index (κ2) is 11.0. The van der Waals surface area contributed by atoms with Crippen LogP contribution in [0.15, 0.2) is 35.1 Å². The molecule has 218 valence electrons. The second-order valence-electron chi connectivity index (χ2n) is 12.7. The van der Waals surface area contributed by atoms with Crippen LogP contribution in [0.1, 0.15) is 58.4 Å². The number of aromatic nitrogens is 1. The molecule has 40 heavy (non-hydrogen) atoms. The number of hydrogen-bond acceptors (Lipinski definition) is 6. The summed E-state index contributed by atoms with van der Waals surface area (Å²) in [6, 6.07) is 7.21. The van der Waals surface area contributed by atoms with Gasteiger partial charge in [-0.3, -0.25) is 14.5 Å². The van der Waals surface area contributed by atoms with E-state index < -0.39 is 23.2 Å². The highest BCUT2D eigenvalue weighted by Crippen LogP contribution is 2.40. The lowest BCUT2D eigenvalue weighted by molar-refractivity contribution is -0.121. The smallest absolute Gasteiger partial charge is 0.410 e. The normalized spacial score (nSPS) is 20.9. The highest BCUT2D eigenvalue weighted by molar-refractivity contribution is 5.97. The highest BCUT2D eigenvalue weighted by atomic mass is 19.1. The maximum absolute atomic E-state index is 13.8. The van der Waals surface area contributed by atoms with Gasteiger partial charge in [0.05, 0.1) is 30.6 Å². The molecule has 4 rings (SSSR count). The van der Waals surface area contributed by atoms with Gasteiger partial charge >= 0.3 is 6.09 Å². The van der Waals surface area contributed by atoms with E-state index in [4.69, 9.17) is 4.74 Å². The molecule has 2 aromatic rings. The Kier molecular flexibility index (Phi) is 8.15. The molecule has 0 spiro atoms. The largest absolute Gasteiger partial charge is 0.444 e. The number of carbonyl (C=O) groups is 2. The van der Waals surface area contributed by atoms with Crippen LogP contribution in [0.4, 0.5) is 14.9 Å². The van der Waals surface area contributed by atoms with Crippen LogP contribution in [0.3, 0.4) is 0 Å². The third-order valence-electron chi connectivity index (χ3n) is 7.69. The number of benzene rings is 1. The van der Waals surface area contributed by atoms with E-state index in [-0.39, 0.29) is 43.0 Å². The zero-order chi connectivity index (χ0) is 29.6. The molecule has 2 aliphatic rings. The van der Waals surface area contributed by atoms with E-state index in [1.54, 1.807) is 39.6 Å². The quantitative estimate of drug-likeness (QED) is 0.609. The van der Waals surface area contributed by atoms with Crippen LogP contribution in [-0.2, 0) is 28.4 Å². The number of aliphatic hydroxyl groups is 1. The van der Waals surface area contributed by atoms with Gasteiger partial charge in [0, 0.05) is 50.1 Å². The van der Waals surface area contributed by atoms with Gasteiger partial charge in [0.2, 0.25) is 5.91 Å². The fraction of sp³-hybridized carbons (Fsp3) is 0.567. The van der Waals surface area contributed by atoms with Gasteiger partial charge in [-0.1, -0.05) is 26.0 Å². The molecule has 2 aliphatic heterocycles. The van der Waals surface area contributed by atoms with Crippen LogP contribution in [0.2, 0.25) is 0 Å². The Morgan fingerprint density at radius 2 is 1.80 bits per heavy atom. The Bertz CT molecular complexity index is 1330. The van der Waals surface area contributed by atoms with E-state index in [1.807, 2.05) is 46.4 Å². The van der Waals surface area contributed by atoms with Crippen LogP contribution in [0.5, 0.6) is 0 Å². The fourth-order valence-corrected chi connectivity index (χ4v) is 5.83. The number of rotatable bonds is 5. The van der Waals surface area contributed by atoms with Crippen LogP contribution in [-0.4, -0.2) is 81.9 Å². The van der Waals surface area contributed by atoms with Gasteiger partial charge in [0.15, 0.2) is 0 Å². The van der Waals surface area contributed by atoms with Crippen molar-refractivity contribution in [3.05, 3.63) is 63.3 Å². The molecule has 2 unspecified atom stereocenters. The van der Waals surface area contributed by atoms with Crippen LogP contribution >= 0.6 is 0 Å². The van der Waals surface area contributed by atoms with Crippen molar-refractivity contribution in [2.24, 2.45) is 7.05 Å². The number of fused-ring (bicyclic) bond motifs is 1. The Morgan fingerprint density at radius 1 is 1.15 bits per heavy atom. The standard InChI is InChI=1S/C30H41FN4O5/c1-19-14-33(23(17-36)15-34(19)28(39)40-29(2,3)4)16-25(37)35-18-30(5,6)26-24(35)13-21(27(38)32(26)7)12-20-8-10-22(31)11-9-20/h8-11,13,19,23,36H,12,14-18H2,1-7H3. The average molecular weight is 557 g/mol. The van der Waals surface area contributed by atoms with Crippen LogP contribution in [0, 0.1) is 5.82 Å². The molecule has 1 aromatic heterocycles. The average Bonchev–Trinajstić information content (AvgIpc) is 3.13. The zero-order valence-electron chi connectivity index (χ0n) is 24.5. The predicted octanol–water partition coefficient (Wildman–Crippen LogP) is 3.04. The van der Waals surface area contributed by atoms with Gasteiger partial charge < -0.3 is 24.2 Å². The van der Waals surface area contributed by atoms with Gasteiger partial charge in [-0.25, -0.2) is 9.18 Å². The van der Waals surface area contributed by atoms with Gasteiger partial charge in [-0.2, -0.15) is 0 Å². The van der Waals surface area contributed by atoms with Crippen molar-refractivity contribution in [1.29, 1.82) is 0 Å². The Balaban J connectivity index is 1.57. The number of amides is 2. The number of carbonyl (C=O) groups excluding carboxylic acids is 2. The first-order valence-electron chi connectivity index (χ1n) is 13.7. The Morgan fingerprint density at radius 3 is 2.40 bits per heavy atom. The lowest BCUT2D eigenvalue weighted by Gasteiger charge is -2.44. The molecule has 1 fully saturated rings. The first kappa shape index (κ1) is 29.7. The topological polar surface area (TPSA) is 95.3 Å². The lowest BCUT2D eigenvalue weighted by atomic mass is 9.90. The number of aliphatic hydroxyl groups excluding tert-OH is 1. The predicted molar refractivity (Wildman–Crippen MR) is 151 cm³/mol. The number of piperazine rings is 1. The highest BCUT2D eigenvalue weighted by Gasteiger charge is 2.43. The monoisotopic (exact) mass is 556 g/mol. The molecule has 1 N–H and O–H groups in total. The van der Waals surface area contributed by atoms with Crippen molar-refractivity contribution in [1.82, 2.24) is 14.4 Å². The number of pyridine rings is 1. The second-order valence-corrected chi connectivity index (χ2v) is 12.7. The summed E-state index contributed by atoms with van der Waals surface area (Å²) in [7, 11) is 1.73. The van der Waals surface area contributed by atoms with Crippen LogP contribution < -0.4 is 10.5 Å². The van der Waals surface area contributed by atoms with E-state index in [0.717, 1.165) is 11.3 Å². The first-order chi connectivity index (χ1) is 18.6. The van der Waals surface area contributed by atoms with E-state index in [2.05, 4.69) is 0 Å². The minimum atomic E-state index is -0.635. The molecule has 0 bridgehead atoms. The molecule has 9 nitrogen and oxygen atoms in total. The summed E-state index contributed by atoms with van der Waals surface area (Å²) in [6.07, 6.45) is -0.117. The van der Waals surface area contributed by atoms with Crippen molar-refractivity contribution in [2.75, 3.05) is 37.7 Å². The maximum Gasteiger partial charge on any atom is 0.410 e.